The first kappa shape index (κ1) is 13.6. The van der Waals surface area contributed by atoms with Crippen LogP contribution in [0.4, 0.5) is 0 Å². The molecule has 1 amide bonds. The molecule has 0 unspecified atom stereocenters. The van der Waals surface area contributed by atoms with Crippen LogP contribution in [-0.4, -0.2) is 46.5 Å². The number of nitrogens with zero attached hydrogens (tertiary/aromatic N) is 3. The van der Waals surface area contributed by atoms with Crippen molar-refractivity contribution in [2.24, 2.45) is 5.92 Å². The van der Waals surface area contributed by atoms with Gasteiger partial charge in [-0.2, -0.15) is 0 Å². The first-order chi connectivity index (χ1) is 9.81. The normalized spacial score (nSPS) is 28.7. The average molecular weight is 290 g/mol. The lowest BCUT2D eigenvalue weighted by atomic mass is 9.84. The van der Waals surface area contributed by atoms with Gasteiger partial charge in [-0.25, -0.2) is 9.97 Å². The van der Waals surface area contributed by atoms with Gasteiger partial charge in [0.25, 0.3) is 0 Å². The number of hydrogen-bond donors (Lipinski definition) is 1. The minimum atomic E-state index is -0.0211. The number of carbonyl (C=O) groups excluding carboxylic acids is 1. The summed E-state index contributed by atoms with van der Waals surface area (Å²) in [4.78, 5) is 22.5. The Morgan fingerprint density at radius 3 is 2.75 bits per heavy atom. The second-order valence-corrected chi connectivity index (χ2v) is 6.08. The molecule has 0 aromatic carbocycles. The number of rotatable bonds is 4. The Morgan fingerprint density at radius 2 is 2.10 bits per heavy atom. The van der Waals surface area contributed by atoms with Gasteiger partial charge in [-0.3, -0.25) is 4.79 Å². The van der Waals surface area contributed by atoms with E-state index in [0.717, 1.165) is 6.54 Å². The van der Waals surface area contributed by atoms with E-state index in [9.17, 15) is 4.79 Å². The topological polar surface area (TPSA) is 58.1 Å². The summed E-state index contributed by atoms with van der Waals surface area (Å²) in [7, 11) is 0. The third-order valence-electron chi connectivity index (χ3n) is 3.92. The minimum Gasteiger partial charge on any atom is -0.348 e. The van der Waals surface area contributed by atoms with E-state index >= 15 is 0 Å². The molecule has 3 aliphatic rings. The molecule has 4 rings (SSSR count). The number of nitrogens with one attached hydrogen (secondary N) is 1. The largest absolute Gasteiger partial charge is 0.348 e. The van der Waals surface area contributed by atoms with Crippen LogP contribution in [0.25, 0.3) is 0 Å². The molecule has 0 spiro atoms. The number of thioether (sulfide) groups is 1. The highest BCUT2D eigenvalue weighted by Gasteiger charge is 2.34. The number of amides is 1. The Kier molecular flexibility index (Phi) is 4.32. The van der Waals surface area contributed by atoms with Gasteiger partial charge in [-0.1, -0.05) is 11.8 Å². The highest BCUT2D eigenvalue weighted by molar-refractivity contribution is 8.02. The fraction of sp³-hybridized carbons (Fsp3) is 0.500. The van der Waals surface area contributed by atoms with Crippen LogP contribution in [0, 0.1) is 5.92 Å². The van der Waals surface area contributed by atoms with E-state index in [1.807, 2.05) is 0 Å². The molecule has 0 radical (unpaired) electrons. The lowest BCUT2D eigenvalue weighted by molar-refractivity contribution is -0.118. The molecule has 3 fully saturated rings. The van der Waals surface area contributed by atoms with Crippen molar-refractivity contribution in [1.82, 2.24) is 20.2 Å². The SMILES string of the molecule is O=C(/C=C\Sc1ncccn1)N[C@H]1CN2CCC1CC2. The smallest absolute Gasteiger partial charge is 0.244 e. The maximum Gasteiger partial charge on any atom is 0.244 e. The van der Waals surface area contributed by atoms with E-state index in [1.165, 1.54) is 37.7 Å². The lowest BCUT2D eigenvalue weighted by Gasteiger charge is -2.44. The van der Waals surface area contributed by atoms with E-state index in [0.29, 0.717) is 17.1 Å². The number of aromatic nitrogens is 2. The van der Waals surface area contributed by atoms with Gasteiger partial charge in [-0.05, 0) is 43.3 Å². The second-order valence-electron chi connectivity index (χ2n) is 5.21. The molecule has 3 saturated heterocycles. The number of carbonyl (C=O) groups is 1. The van der Waals surface area contributed by atoms with E-state index in [1.54, 1.807) is 29.9 Å². The van der Waals surface area contributed by atoms with Gasteiger partial charge in [0.15, 0.2) is 5.16 Å². The molecule has 20 heavy (non-hydrogen) atoms. The Hall–Kier alpha value is -1.40. The van der Waals surface area contributed by atoms with Crippen molar-refractivity contribution in [3.8, 4) is 0 Å². The van der Waals surface area contributed by atoms with Crippen molar-refractivity contribution in [3.05, 3.63) is 29.9 Å². The summed E-state index contributed by atoms with van der Waals surface area (Å²) in [5.74, 6) is 0.634. The zero-order chi connectivity index (χ0) is 13.8. The summed E-state index contributed by atoms with van der Waals surface area (Å²) in [5.41, 5.74) is 0. The number of piperidine rings is 3. The summed E-state index contributed by atoms with van der Waals surface area (Å²) in [6.07, 6.45) is 7.37. The third-order valence-corrected chi connectivity index (χ3v) is 4.61. The minimum absolute atomic E-state index is 0.0211. The first-order valence-corrected chi connectivity index (χ1v) is 7.82. The molecule has 1 aromatic rings. The number of hydrogen-bond acceptors (Lipinski definition) is 5. The standard InChI is InChI=1S/C14H18N4OS/c19-13(4-9-20-14-15-5-1-6-16-14)17-12-10-18-7-2-11(12)3-8-18/h1,4-6,9,11-12H,2-3,7-8,10H2,(H,17,19)/b9-4-/t12-/m0/s1. The Morgan fingerprint density at radius 1 is 1.35 bits per heavy atom. The van der Waals surface area contributed by atoms with Gasteiger partial charge in [0.2, 0.25) is 5.91 Å². The van der Waals surface area contributed by atoms with E-state index < -0.39 is 0 Å². The van der Waals surface area contributed by atoms with Gasteiger partial charge >= 0.3 is 0 Å². The monoisotopic (exact) mass is 290 g/mol. The van der Waals surface area contributed by atoms with Crippen LogP contribution in [-0.2, 0) is 4.79 Å². The van der Waals surface area contributed by atoms with Crippen LogP contribution < -0.4 is 5.32 Å². The van der Waals surface area contributed by atoms with Gasteiger partial charge in [0.05, 0.1) is 0 Å². The molecule has 0 aliphatic carbocycles. The van der Waals surface area contributed by atoms with Gasteiger partial charge in [0, 0.05) is 31.1 Å². The zero-order valence-electron chi connectivity index (χ0n) is 11.2. The molecular weight excluding hydrogens is 272 g/mol. The molecule has 6 heteroatoms. The quantitative estimate of drug-likeness (QED) is 0.514. The Balaban J connectivity index is 1.47. The Bertz CT molecular complexity index is 485. The molecule has 106 valence electrons. The Labute approximate surface area is 122 Å². The van der Waals surface area contributed by atoms with E-state index in [4.69, 9.17) is 0 Å². The fourth-order valence-electron chi connectivity index (χ4n) is 2.86. The van der Waals surface area contributed by atoms with Crippen molar-refractivity contribution in [1.29, 1.82) is 0 Å². The summed E-state index contributed by atoms with van der Waals surface area (Å²) in [5, 5.41) is 5.51. The lowest BCUT2D eigenvalue weighted by Crippen LogP contribution is -2.57. The highest BCUT2D eigenvalue weighted by Crippen LogP contribution is 2.27. The van der Waals surface area contributed by atoms with Crippen LogP contribution in [0.15, 0.2) is 35.1 Å². The molecule has 3 aliphatic heterocycles. The van der Waals surface area contributed by atoms with Crippen molar-refractivity contribution in [2.45, 2.75) is 24.0 Å². The highest BCUT2D eigenvalue weighted by atomic mass is 32.2. The van der Waals surface area contributed by atoms with Gasteiger partial charge < -0.3 is 10.2 Å². The molecule has 1 aromatic heterocycles. The molecule has 2 bridgehead atoms. The summed E-state index contributed by atoms with van der Waals surface area (Å²) in [6, 6.07) is 2.08. The summed E-state index contributed by atoms with van der Waals surface area (Å²) >= 11 is 1.35. The zero-order valence-corrected chi connectivity index (χ0v) is 12.1. The van der Waals surface area contributed by atoms with Crippen LogP contribution in [0.2, 0.25) is 0 Å². The molecular formula is C14H18N4OS. The molecule has 1 atom stereocenters. The van der Waals surface area contributed by atoms with Crippen LogP contribution in [0.5, 0.6) is 0 Å². The van der Waals surface area contributed by atoms with Gasteiger partial charge in [-0.15, -0.1) is 0 Å². The summed E-state index contributed by atoms with van der Waals surface area (Å²) in [6.45, 7) is 3.38. The predicted molar refractivity (Wildman–Crippen MR) is 78.1 cm³/mol. The van der Waals surface area contributed by atoms with Crippen LogP contribution >= 0.6 is 11.8 Å². The van der Waals surface area contributed by atoms with Crippen LogP contribution in [0.3, 0.4) is 0 Å². The maximum atomic E-state index is 11.9. The second kappa shape index (κ2) is 6.37. The van der Waals surface area contributed by atoms with E-state index in [-0.39, 0.29) is 5.91 Å². The predicted octanol–water partition coefficient (Wildman–Crippen LogP) is 1.29. The van der Waals surface area contributed by atoms with Crippen molar-refractivity contribution < 1.29 is 4.79 Å². The number of fused-ring (bicyclic) bond motifs is 3. The third kappa shape index (κ3) is 3.37. The average Bonchev–Trinajstić information content (AvgIpc) is 2.49. The maximum absolute atomic E-state index is 11.9. The molecule has 0 saturated carbocycles. The van der Waals surface area contributed by atoms with Crippen LogP contribution in [0.1, 0.15) is 12.8 Å². The van der Waals surface area contributed by atoms with Crippen molar-refractivity contribution in [3.63, 3.8) is 0 Å². The first-order valence-electron chi connectivity index (χ1n) is 6.94. The molecule has 5 nitrogen and oxygen atoms in total. The molecule has 4 heterocycles. The van der Waals surface area contributed by atoms with Crippen molar-refractivity contribution >= 4 is 17.7 Å². The fourth-order valence-corrected chi connectivity index (χ4v) is 3.42. The van der Waals surface area contributed by atoms with Gasteiger partial charge in [0.1, 0.15) is 0 Å². The molecule has 1 N–H and O–H groups in total. The summed E-state index contributed by atoms with van der Waals surface area (Å²) < 4.78 is 0. The van der Waals surface area contributed by atoms with E-state index in [2.05, 4.69) is 20.2 Å². The van der Waals surface area contributed by atoms with Crippen molar-refractivity contribution in [2.75, 3.05) is 19.6 Å².